The van der Waals surface area contributed by atoms with Crippen LogP contribution in [-0.2, 0) is 14.3 Å². The van der Waals surface area contributed by atoms with Gasteiger partial charge >= 0.3 is 5.97 Å². The second-order valence-corrected chi connectivity index (χ2v) is 4.63. The number of aliphatic hydroxyl groups excluding tert-OH is 1. The molecule has 0 bridgehead atoms. The van der Waals surface area contributed by atoms with Crippen LogP contribution in [0.1, 0.15) is 33.6 Å². The number of likely N-dealkylation sites (tertiary alicyclic amines) is 1. The summed E-state index contributed by atoms with van der Waals surface area (Å²) in [5, 5.41) is 9.40. The van der Waals surface area contributed by atoms with Gasteiger partial charge in [0.05, 0.1) is 0 Å². The maximum absolute atomic E-state index is 11.4. The van der Waals surface area contributed by atoms with Gasteiger partial charge in [-0.2, -0.15) is 0 Å². The van der Waals surface area contributed by atoms with Crippen molar-refractivity contribution in [3.8, 4) is 0 Å². The fourth-order valence-corrected chi connectivity index (χ4v) is 1.42. The monoisotopic (exact) mass is 215 g/mol. The van der Waals surface area contributed by atoms with Crippen LogP contribution in [0.15, 0.2) is 0 Å². The highest BCUT2D eigenvalue weighted by Crippen LogP contribution is 2.16. The normalized spacial score (nSPS) is 22.0. The molecular formula is C10H17NO4. The molecule has 1 aliphatic rings. The van der Waals surface area contributed by atoms with Crippen LogP contribution in [0.2, 0.25) is 0 Å². The maximum Gasteiger partial charge on any atom is 0.326 e. The average molecular weight is 215 g/mol. The van der Waals surface area contributed by atoms with E-state index in [1.807, 2.05) is 0 Å². The molecule has 0 aliphatic carbocycles. The maximum atomic E-state index is 11.4. The summed E-state index contributed by atoms with van der Waals surface area (Å²) < 4.78 is 5.05. The predicted octanol–water partition coefficient (Wildman–Crippen LogP) is 0.269. The quantitative estimate of drug-likeness (QED) is 0.671. The Labute approximate surface area is 89.0 Å². The van der Waals surface area contributed by atoms with Crippen LogP contribution in [0, 0.1) is 0 Å². The molecule has 1 rings (SSSR count). The number of nitrogens with zero attached hydrogens (tertiary/aromatic N) is 1. The number of hydrogen-bond donors (Lipinski definition) is 1. The summed E-state index contributed by atoms with van der Waals surface area (Å²) in [7, 11) is 0. The first-order valence-electron chi connectivity index (χ1n) is 4.99. The highest BCUT2D eigenvalue weighted by atomic mass is 16.6. The first-order chi connectivity index (χ1) is 6.79. The van der Waals surface area contributed by atoms with E-state index in [1.165, 1.54) is 0 Å². The molecule has 1 N–H and O–H groups in total. The summed E-state index contributed by atoms with van der Waals surface area (Å²) in [5.74, 6) is -0.690. The number of carbonyl (C=O) groups excluding carboxylic acids is 2. The number of aliphatic hydroxyl groups is 1. The molecule has 0 spiro atoms. The molecule has 0 aromatic heterocycles. The van der Waals surface area contributed by atoms with E-state index in [0.29, 0.717) is 12.8 Å². The number of ether oxygens (including phenoxy) is 1. The SMILES string of the molecule is CC(C)(C)OC(=O)CN1C(=O)CCC1O. The van der Waals surface area contributed by atoms with Gasteiger partial charge in [0, 0.05) is 12.8 Å². The van der Waals surface area contributed by atoms with Gasteiger partial charge in [-0.15, -0.1) is 0 Å². The second-order valence-electron chi connectivity index (χ2n) is 4.63. The van der Waals surface area contributed by atoms with Crippen molar-refractivity contribution in [3.05, 3.63) is 0 Å². The van der Waals surface area contributed by atoms with Crippen molar-refractivity contribution in [1.82, 2.24) is 4.90 Å². The van der Waals surface area contributed by atoms with Crippen LogP contribution < -0.4 is 0 Å². The van der Waals surface area contributed by atoms with Gasteiger partial charge in [0.15, 0.2) is 0 Å². The number of amides is 1. The summed E-state index contributed by atoms with van der Waals surface area (Å²) in [4.78, 5) is 23.8. The molecule has 86 valence electrons. The minimum atomic E-state index is -0.843. The smallest absolute Gasteiger partial charge is 0.326 e. The Balaban J connectivity index is 2.48. The van der Waals surface area contributed by atoms with Gasteiger partial charge in [0.2, 0.25) is 5.91 Å². The fourth-order valence-electron chi connectivity index (χ4n) is 1.42. The minimum Gasteiger partial charge on any atom is -0.459 e. The van der Waals surface area contributed by atoms with Crippen molar-refractivity contribution in [1.29, 1.82) is 0 Å². The molecule has 1 atom stereocenters. The van der Waals surface area contributed by atoms with Crippen LogP contribution in [0.25, 0.3) is 0 Å². The molecule has 0 aromatic carbocycles. The zero-order valence-corrected chi connectivity index (χ0v) is 9.32. The summed E-state index contributed by atoms with van der Waals surface area (Å²) in [6.07, 6.45) is -0.156. The molecule has 5 heteroatoms. The number of hydrogen-bond acceptors (Lipinski definition) is 4. The molecule has 1 aliphatic heterocycles. The van der Waals surface area contributed by atoms with Crippen LogP contribution in [0.5, 0.6) is 0 Å². The van der Waals surface area contributed by atoms with Gasteiger partial charge in [0.25, 0.3) is 0 Å². The van der Waals surface area contributed by atoms with Crippen LogP contribution >= 0.6 is 0 Å². The van der Waals surface area contributed by atoms with Gasteiger partial charge in [-0.3, -0.25) is 9.59 Å². The topological polar surface area (TPSA) is 66.8 Å². The Hall–Kier alpha value is -1.10. The van der Waals surface area contributed by atoms with Crippen molar-refractivity contribution in [2.24, 2.45) is 0 Å². The predicted molar refractivity (Wildman–Crippen MR) is 52.8 cm³/mol. The molecule has 0 aromatic rings. The summed E-state index contributed by atoms with van der Waals surface area (Å²) in [6.45, 7) is 5.10. The highest BCUT2D eigenvalue weighted by molar-refractivity contribution is 5.83. The highest BCUT2D eigenvalue weighted by Gasteiger charge is 2.31. The number of carbonyl (C=O) groups is 2. The Morgan fingerprint density at radius 2 is 2.20 bits per heavy atom. The molecule has 1 saturated heterocycles. The van der Waals surface area contributed by atoms with Crippen molar-refractivity contribution in [2.75, 3.05) is 6.54 Å². The Bertz CT molecular complexity index is 269. The van der Waals surface area contributed by atoms with E-state index in [0.717, 1.165) is 4.90 Å². The van der Waals surface area contributed by atoms with Crippen molar-refractivity contribution >= 4 is 11.9 Å². The molecule has 1 fully saturated rings. The zero-order chi connectivity index (χ0) is 11.6. The summed E-state index contributed by atoms with van der Waals surface area (Å²) in [5.41, 5.74) is -0.565. The molecule has 0 radical (unpaired) electrons. The standard InChI is InChI=1S/C10H17NO4/c1-10(2,3)15-9(14)6-11-7(12)4-5-8(11)13/h7,12H,4-6H2,1-3H3. The van der Waals surface area contributed by atoms with Gasteiger partial charge in [0.1, 0.15) is 18.4 Å². The molecule has 1 heterocycles. The third-order valence-corrected chi connectivity index (χ3v) is 2.02. The van der Waals surface area contributed by atoms with E-state index in [9.17, 15) is 14.7 Å². The number of esters is 1. The lowest BCUT2D eigenvalue weighted by Gasteiger charge is -2.23. The van der Waals surface area contributed by atoms with Gasteiger partial charge in [-0.05, 0) is 20.8 Å². The van der Waals surface area contributed by atoms with Gasteiger partial charge in [-0.1, -0.05) is 0 Å². The fraction of sp³-hybridized carbons (Fsp3) is 0.800. The Morgan fingerprint density at radius 3 is 2.60 bits per heavy atom. The van der Waals surface area contributed by atoms with Crippen molar-refractivity contribution in [2.45, 2.75) is 45.4 Å². The average Bonchev–Trinajstić information content (AvgIpc) is 2.32. The second kappa shape index (κ2) is 4.18. The molecule has 1 amide bonds. The zero-order valence-electron chi connectivity index (χ0n) is 9.32. The lowest BCUT2D eigenvalue weighted by Crippen LogP contribution is -2.39. The third kappa shape index (κ3) is 3.51. The lowest BCUT2D eigenvalue weighted by molar-refractivity contribution is -0.161. The number of rotatable bonds is 2. The first kappa shape index (κ1) is 12.0. The van der Waals surface area contributed by atoms with Crippen LogP contribution in [0.3, 0.4) is 0 Å². The van der Waals surface area contributed by atoms with Crippen molar-refractivity contribution in [3.63, 3.8) is 0 Å². The first-order valence-corrected chi connectivity index (χ1v) is 4.99. The van der Waals surface area contributed by atoms with E-state index in [4.69, 9.17) is 4.74 Å². The largest absolute Gasteiger partial charge is 0.459 e. The van der Waals surface area contributed by atoms with E-state index in [-0.39, 0.29) is 12.5 Å². The van der Waals surface area contributed by atoms with Gasteiger partial charge in [-0.25, -0.2) is 0 Å². The molecule has 0 saturated carbocycles. The molecule has 15 heavy (non-hydrogen) atoms. The van der Waals surface area contributed by atoms with E-state index in [1.54, 1.807) is 20.8 Å². The summed E-state index contributed by atoms with van der Waals surface area (Å²) >= 11 is 0. The van der Waals surface area contributed by atoms with E-state index >= 15 is 0 Å². The van der Waals surface area contributed by atoms with Crippen LogP contribution in [-0.4, -0.2) is 40.3 Å². The third-order valence-electron chi connectivity index (χ3n) is 2.02. The molecular weight excluding hydrogens is 198 g/mol. The Kier molecular flexibility index (Phi) is 3.34. The minimum absolute atomic E-state index is 0.169. The van der Waals surface area contributed by atoms with Gasteiger partial charge < -0.3 is 14.7 Å². The van der Waals surface area contributed by atoms with E-state index in [2.05, 4.69) is 0 Å². The summed E-state index contributed by atoms with van der Waals surface area (Å²) in [6, 6.07) is 0. The van der Waals surface area contributed by atoms with Crippen LogP contribution in [0.4, 0.5) is 0 Å². The van der Waals surface area contributed by atoms with E-state index < -0.39 is 17.8 Å². The van der Waals surface area contributed by atoms with Crippen molar-refractivity contribution < 1.29 is 19.4 Å². The lowest BCUT2D eigenvalue weighted by atomic mass is 10.2. The molecule has 5 nitrogen and oxygen atoms in total. The Morgan fingerprint density at radius 1 is 1.60 bits per heavy atom. The molecule has 1 unspecified atom stereocenters.